The average molecular weight is 734 g/mol. The largest absolute Gasteiger partial charge is 0.508 e. The number of aryl methyl sites for hydroxylation is 1. The van der Waals surface area contributed by atoms with Gasteiger partial charge in [-0.1, -0.05) is 12.1 Å². The van der Waals surface area contributed by atoms with E-state index >= 15 is 0 Å². The van der Waals surface area contributed by atoms with Crippen molar-refractivity contribution >= 4 is 11.9 Å². The van der Waals surface area contributed by atoms with Crippen LogP contribution in [0.15, 0.2) is 64.3 Å². The number of rotatable bonds is 12. The predicted molar refractivity (Wildman–Crippen MR) is 182 cm³/mol. The third-order valence-electron chi connectivity index (χ3n) is 9.84. The third-order valence-corrected chi connectivity index (χ3v) is 9.84. The Kier molecular flexibility index (Phi) is 9.70. The van der Waals surface area contributed by atoms with Crippen molar-refractivity contribution in [3.05, 3.63) is 104 Å². The number of fused-ring (bicyclic) bond motifs is 3. The summed E-state index contributed by atoms with van der Waals surface area (Å²) in [5.41, 5.74) is 0.803. The molecule has 3 heterocycles. The number of phenolic OH excluding ortho intramolecular Hbond substituents is 2. The Balaban J connectivity index is 1.23. The fraction of sp³-hybridized carbons (Fsp3) is 0.351. The molecule has 0 saturated carbocycles. The van der Waals surface area contributed by atoms with Crippen molar-refractivity contribution in [1.82, 2.24) is 14.9 Å². The molecule has 0 radical (unpaired) electrons. The first-order valence-corrected chi connectivity index (χ1v) is 16.8. The summed E-state index contributed by atoms with van der Waals surface area (Å²) in [5, 5.41) is 24.0. The highest BCUT2D eigenvalue weighted by Gasteiger charge is 2.53. The van der Waals surface area contributed by atoms with Gasteiger partial charge in [0.1, 0.15) is 11.8 Å². The van der Waals surface area contributed by atoms with Crippen LogP contribution in [-0.4, -0.2) is 72.0 Å². The van der Waals surface area contributed by atoms with Crippen LogP contribution in [0.3, 0.4) is 0 Å². The standard InChI is InChI=1S/C37H36FN3O12/c1-48-28-11-19(12-29(49-2)33(28)43)30-21-13-26-27(53-17-52-26)14-22(21)32(23-16-51-36(46)31(23)30)39-25(10-18-4-6-20(42)7-5-18)35(45)50-9-3-8-41-15-24(38)34(44)40-37(41)47/h4-7,11-15,23,25,30-32,39,42-43H,3,8-10,16-17H2,1-2H3,(H,40,44,47)/t23-,25-,30+,31-,32+/m0/s1. The number of cyclic esters (lactones) is 1. The van der Waals surface area contributed by atoms with Crippen molar-refractivity contribution in [1.29, 1.82) is 0 Å². The van der Waals surface area contributed by atoms with E-state index in [1.807, 2.05) is 11.1 Å². The Morgan fingerprint density at radius 1 is 1.00 bits per heavy atom. The number of esters is 2. The van der Waals surface area contributed by atoms with Gasteiger partial charge in [0.05, 0.1) is 39.5 Å². The molecule has 3 aromatic carbocycles. The molecule has 7 rings (SSSR count). The first-order chi connectivity index (χ1) is 25.6. The van der Waals surface area contributed by atoms with Crippen LogP contribution in [0.5, 0.6) is 34.5 Å². The number of aromatic nitrogens is 2. The van der Waals surface area contributed by atoms with Crippen molar-refractivity contribution in [3.8, 4) is 34.5 Å². The molecule has 4 aromatic rings. The summed E-state index contributed by atoms with van der Waals surface area (Å²) in [5.74, 6) is -2.97. The van der Waals surface area contributed by atoms with Crippen LogP contribution in [0.4, 0.5) is 4.39 Å². The zero-order valence-electron chi connectivity index (χ0n) is 28.6. The quantitative estimate of drug-likeness (QED) is 0.123. The maximum absolute atomic E-state index is 13.9. The molecular formula is C37H36FN3O12. The molecule has 3 aliphatic rings. The van der Waals surface area contributed by atoms with Gasteiger partial charge < -0.3 is 38.6 Å². The van der Waals surface area contributed by atoms with Gasteiger partial charge in [0.15, 0.2) is 23.0 Å². The average Bonchev–Trinajstić information content (AvgIpc) is 3.77. The molecule has 2 aliphatic heterocycles. The highest BCUT2D eigenvalue weighted by atomic mass is 19.1. The van der Waals surface area contributed by atoms with E-state index in [-0.39, 0.29) is 62.4 Å². The molecular weight excluding hydrogens is 697 g/mol. The lowest BCUT2D eigenvalue weighted by Crippen LogP contribution is -2.48. The summed E-state index contributed by atoms with van der Waals surface area (Å²) in [6.45, 7) is -0.149. The van der Waals surface area contributed by atoms with Gasteiger partial charge in [-0.15, -0.1) is 0 Å². The number of hydrogen-bond donors (Lipinski definition) is 4. The van der Waals surface area contributed by atoms with Crippen LogP contribution in [0, 0.1) is 17.7 Å². The Bertz CT molecular complexity index is 2140. The van der Waals surface area contributed by atoms with Crippen LogP contribution in [-0.2, 0) is 32.0 Å². The number of aromatic amines is 1. The van der Waals surface area contributed by atoms with Crippen LogP contribution in [0.25, 0.3) is 0 Å². The number of ether oxygens (including phenoxy) is 6. The molecule has 1 saturated heterocycles. The second-order valence-electron chi connectivity index (χ2n) is 12.9. The van der Waals surface area contributed by atoms with E-state index in [9.17, 15) is 33.8 Å². The maximum atomic E-state index is 13.9. The number of carbonyl (C=O) groups excluding carboxylic acids is 2. The molecule has 0 unspecified atom stereocenters. The number of nitrogens with zero attached hydrogens (tertiary/aromatic N) is 1. The van der Waals surface area contributed by atoms with Gasteiger partial charge in [-0.3, -0.25) is 29.3 Å². The molecule has 0 bridgehead atoms. The first kappa shape index (κ1) is 35.4. The van der Waals surface area contributed by atoms with E-state index in [0.29, 0.717) is 33.8 Å². The van der Waals surface area contributed by atoms with Crippen LogP contribution >= 0.6 is 0 Å². The topological polar surface area (TPSA) is 197 Å². The summed E-state index contributed by atoms with van der Waals surface area (Å²) in [4.78, 5) is 52.9. The fourth-order valence-electron chi connectivity index (χ4n) is 7.32. The van der Waals surface area contributed by atoms with Crippen LogP contribution < -0.4 is 35.5 Å². The van der Waals surface area contributed by atoms with Crippen molar-refractivity contribution in [2.75, 3.05) is 34.2 Å². The number of methoxy groups -OCH3 is 2. The zero-order chi connectivity index (χ0) is 37.4. The summed E-state index contributed by atoms with van der Waals surface area (Å²) in [6.07, 6.45) is 1.05. The van der Waals surface area contributed by atoms with E-state index in [4.69, 9.17) is 28.4 Å². The summed E-state index contributed by atoms with van der Waals surface area (Å²) in [7, 11) is 2.82. The van der Waals surface area contributed by atoms with E-state index in [0.717, 1.165) is 10.8 Å². The summed E-state index contributed by atoms with van der Waals surface area (Å²) in [6, 6.07) is 11.6. The monoisotopic (exact) mass is 733 g/mol. The summed E-state index contributed by atoms with van der Waals surface area (Å²) >= 11 is 0. The minimum atomic E-state index is -1.13. The second-order valence-corrected chi connectivity index (χ2v) is 12.9. The number of aromatic hydroxyl groups is 2. The van der Waals surface area contributed by atoms with Gasteiger partial charge >= 0.3 is 17.6 Å². The fourth-order valence-corrected chi connectivity index (χ4v) is 7.32. The molecule has 4 N–H and O–H groups in total. The Morgan fingerprint density at radius 3 is 2.36 bits per heavy atom. The lowest BCUT2D eigenvalue weighted by molar-refractivity contribution is -0.146. The smallest absolute Gasteiger partial charge is 0.328 e. The minimum absolute atomic E-state index is 0.00955. The number of benzene rings is 3. The maximum Gasteiger partial charge on any atom is 0.328 e. The van der Waals surface area contributed by atoms with E-state index < -0.39 is 58.8 Å². The predicted octanol–water partition coefficient (Wildman–Crippen LogP) is 2.64. The van der Waals surface area contributed by atoms with Crippen molar-refractivity contribution in [2.45, 2.75) is 37.4 Å². The molecule has 1 aromatic heterocycles. The summed E-state index contributed by atoms with van der Waals surface area (Å²) < 4.78 is 48.5. The molecule has 0 spiro atoms. The van der Waals surface area contributed by atoms with Gasteiger partial charge in [-0.25, -0.2) is 4.79 Å². The van der Waals surface area contributed by atoms with E-state index in [2.05, 4.69) is 5.32 Å². The minimum Gasteiger partial charge on any atom is -0.508 e. The molecule has 53 heavy (non-hydrogen) atoms. The molecule has 5 atom stereocenters. The van der Waals surface area contributed by atoms with E-state index in [1.165, 1.54) is 26.4 Å². The number of nitrogens with one attached hydrogen (secondary N) is 2. The number of halogens is 1. The second kappa shape index (κ2) is 14.5. The number of hydrogen-bond acceptors (Lipinski definition) is 13. The van der Waals surface area contributed by atoms with Crippen molar-refractivity contribution in [2.24, 2.45) is 11.8 Å². The van der Waals surface area contributed by atoms with Gasteiger partial charge in [-0.2, -0.15) is 4.39 Å². The molecule has 15 nitrogen and oxygen atoms in total. The Labute approximate surface area is 300 Å². The van der Waals surface area contributed by atoms with Gasteiger partial charge in [0.2, 0.25) is 18.4 Å². The lowest BCUT2D eigenvalue weighted by atomic mass is 9.65. The van der Waals surface area contributed by atoms with Gasteiger partial charge in [-0.05, 0) is 71.5 Å². The molecule has 278 valence electrons. The molecule has 16 heteroatoms. The van der Waals surface area contributed by atoms with Crippen LogP contribution in [0.2, 0.25) is 0 Å². The van der Waals surface area contributed by atoms with Crippen molar-refractivity contribution < 1.29 is 52.6 Å². The Hall–Kier alpha value is -6.03. The number of H-pyrrole nitrogens is 1. The lowest BCUT2D eigenvalue weighted by Gasteiger charge is -2.40. The highest BCUT2D eigenvalue weighted by molar-refractivity contribution is 5.80. The third kappa shape index (κ3) is 6.84. The van der Waals surface area contributed by atoms with Crippen LogP contribution in [0.1, 0.15) is 40.6 Å². The normalized spacial score (nSPS) is 20.2. The first-order valence-electron chi connectivity index (χ1n) is 16.8. The van der Waals surface area contributed by atoms with Gasteiger partial charge in [0, 0.05) is 24.4 Å². The number of phenols is 2. The van der Waals surface area contributed by atoms with E-state index in [1.54, 1.807) is 30.3 Å². The zero-order valence-corrected chi connectivity index (χ0v) is 28.6. The number of carbonyl (C=O) groups is 2. The van der Waals surface area contributed by atoms with Crippen molar-refractivity contribution in [3.63, 3.8) is 0 Å². The molecule has 1 fully saturated rings. The molecule has 1 aliphatic carbocycles. The SMILES string of the molecule is COc1cc([C@@H]2c3cc4c(cc3[C@@H](N[C@@H](Cc3ccc(O)cc3)C(=O)OCCCn3cc(F)c(=O)[nH]c3=O)[C@H]3COC(=O)[C@H]23)OCO4)cc(OC)c1O. The Morgan fingerprint density at radius 2 is 1.68 bits per heavy atom. The van der Waals surface area contributed by atoms with Gasteiger partial charge in [0.25, 0.3) is 5.56 Å². The molecule has 0 amide bonds. The highest BCUT2D eigenvalue weighted by Crippen LogP contribution is 2.55.